The molecule has 1 atom stereocenters. The standard InChI is InChI=1S/C22H28N4O4S/c1-4-17-23-22-26(24-17)20(27)19(31-22)18(14-6-8-16(9-7-14)30-5-2)25-12-10-15(11-13-25)21(28)29-3/h6-9,15,18,27H,4-5,10-13H2,1-3H3/t18-/m1/s1. The Balaban J connectivity index is 1.69. The Bertz CT molecular complexity index is 1040. The van der Waals surface area contributed by atoms with E-state index >= 15 is 0 Å². The summed E-state index contributed by atoms with van der Waals surface area (Å²) in [5.74, 6) is 1.43. The Morgan fingerprint density at radius 3 is 2.55 bits per heavy atom. The lowest BCUT2D eigenvalue weighted by atomic mass is 9.93. The molecule has 0 saturated carbocycles. The first-order chi connectivity index (χ1) is 15.0. The highest BCUT2D eigenvalue weighted by molar-refractivity contribution is 7.17. The average Bonchev–Trinajstić information content (AvgIpc) is 3.34. The minimum absolute atomic E-state index is 0.0785. The predicted octanol–water partition coefficient (Wildman–Crippen LogP) is 3.43. The second kappa shape index (κ2) is 9.23. The highest BCUT2D eigenvalue weighted by Crippen LogP contribution is 2.41. The third-order valence-electron chi connectivity index (χ3n) is 5.74. The minimum atomic E-state index is -0.159. The van der Waals surface area contributed by atoms with Gasteiger partial charge in [0.2, 0.25) is 10.8 Å². The number of likely N-dealkylation sites (tertiary alicyclic amines) is 1. The number of aromatic hydroxyl groups is 1. The van der Waals surface area contributed by atoms with E-state index < -0.39 is 0 Å². The van der Waals surface area contributed by atoms with Crippen molar-refractivity contribution in [2.45, 2.75) is 39.2 Å². The average molecular weight is 445 g/mol. The first kappa shape index (κ1) is 21.6. The molecule has 0 unspecified atom stereocenters. The number of aromatic nitrogens is 3. The van der Waals surface area contributed by atoms with Gasteiger partial charge in [-0.3, -0.25) is 9.69 Å². The van der Waals surface area contributed by atoms with Crippen LogP contribution in [0.1, 0.15) is 49.0 Å². The molecule has 3 aromatic rings. The number of thiazole rings is 1. The van der Waals surface area contributed by atoms with Gasteiger partial charge in [-0.1, -0.05) is 30.4 Å². The van der Waals surface area contributed by atoms with Crippen molar-refractivity contribution in [1.82, 2.24) is 19.5 Å². The Morgan fingerprint density at radius 1 is 1.26 bits per heavy atom. The van der Waals surface area contributed by atoms with Crippen LogP contribution in [0, 0.1) is 5.92 Å². The third kappa shape index (κ3) is 4.24. The largest absolute Gasteiger partial charge is 0.494 e. The lowest BCUT2D eigenvalue weighted by molar-refractivity contribution is -0.147. The Labute approximate surface area is 185 Å². The number of piperidine rings is 1. The van der Waals surface area contributed by atoms with Gasteiger partial charge in [-0.25, -0.2) is 4.98 Å². The zero-order valence-corrected chi connectivity index (χ0v) is 18.9. The maximum atomic E-state index is 12.0. The number of aryl methyl sites for hydroxylation is 1. The summed E-state index contributed by atoms with van der Waals surface area (Å²) < 4.78 is 12.1. The number of fused-ring (bicyclic) bond motifs is 1. The van der Waals surface area contributed by atoms with Crippen molar-refractivity contribution in [3.63, 3.8) is 0 Å². The maximum absolute atomic E-state index is 12.0. The number of benzene rings is 1. The Morgan fingerprint density at radius 2 is 1.97 bits per heavy atom. The molecule has 2 aromatic heterocycles. The molecular weight excluding hydrogens is 416 g/mol. The van der Waals surface area contributed by atoms with Crippen molar-refractivity contribution in [2.75, 3.05) is 26.8 Å². The van der Waals surface area contributed by atoms with Gasteiger partial charge in [0.1, 0.15) is 5.75 Å². The molecule has 1 aliphatic rings. The number of rotatable bonds is 7. The van der Waals surface area contributed by atoms with Crippen LogP contribution in [-0.2, 0) is 16.0 Å². The third-order valence-corrected chi connectivity index (χ3v) is 6.82. The van der Waals surface area contributed by atoms with E-state index in [1.54, 1.807) is 0 Å². The normalized spacial score (nSPS) is 16.5. The second-order valence-corrected chi connectivity index (χ2v) is 8.61. The van der Waals surface area contributed by atoms with Gasteiger partial charge in [0.25, 0.3) is 0 Å². The van der Waals surface area contributed by atoms with Gasteiger partial charge in [0, 0.05) is 6.42 Å². The summed E-state index contributed by atoms with van der Waals surface area (Å²) in [7, 11) is 1.44. The lowest BCUT2D eigenvalue weighted by Crippen LogP contribution is -2.39. The molecule has 0 spiro atoms. The van der Waals surface area contributed by atoms with Crippen molar-refractivity contribution < 1.29 is 19.4 Å². The fourth-order valence-corrected chi connectivity index (χ4v) is 5.26. The van der Waals surface area contributed by atoms with E-state index in [9.17, 15) is 9.90 Å². The number of hydrogen-bond acceptors (Lipinski definition) is 8. The molecule has 9 heteroatoms. The highest BCUT2D eigenvalue weighted by Gasteiger charge is 2.34. The number of nitrogens with zero attached hydrogens (tertiary/aromatic N) is 4. The molecule has 31 heavy (non-hydrogen) atoms. The molecule has 1 saturated heterocycles. The van der Waals surface area contributed by atoms with Crippen molar-refractivity contribution in [3.05, 3.63) is 40.5 Å². The molecule has 3 heterocycles. The summed E-state index contributed by atoms with van der Waals surface area (Å²) in [5, 5.41) is 15.4. The van der Waals surface area contributed by atoms with Gasteiger partial charge in [-0.15, -0.1) is 5.10 Å². The van der Waals surface area contributed by atoms with Crippen LogP contribution in [0.25, 0.3) is 4.96 Å². The van der Waals surface area contributed by atoms with E-state index in [0.717, 1.165) is 42.1 Å². The van der Waals surface area contributed by atoms with Gasteiger partial charge in [-0.2, -0.15) is 4.52 Å². The number of carbonyl (C=O) groups is 1. The fourth-order valence-electron chi connectivity index (χ4n) is 4.12. The SMILES string of the molecule is CCOc1ccc([C@H](c2sc3nc(CC)nn3c2O)N2CCC(C(=O)OC)CC2)cc1. The molecular formula is C22H28N4O4S. The smallest absolute Gasteiger partial charge is 0.308 e. The molecule has 0 radical (unpaired) electrons. The monoisotopic (exact) mass is 444 g/mol. The number of carbonyl (C=O) groups excluding carboxylic acids is 1. The number of ether oxygens (including phenoxy) is 2. The first-order valence-electron chi connectivity index (χ1n) is 10.7. The summed E-state index contributed by atoms with van der Waals surface area (Å²) in [4.78, 5) is 20.3. The Hall–Kier alpha value is -2.65. The molecule has 1 aliphatic heterocycles. The van der Waals surface area contributed by atoms with Crippen LogP contribution in [0.2, 0.25) is 0 Å². The fraction of sp³-hybridized carbons (Fsp3) is 0.500. The van der Waals surface area contributed by atoms with Gasteiger partial charge in [0.05, 0.1) is 30.6 Å². The molecule has 0 amide bonds. The first-order valence-corrected chi connectivity index (χ1v) is 11.5. The van der Waals surface area contributed by atoms with Crippen LogP contribution in [0.4, 0.5) is 0 Å². The van der Waals surface area contributed by atoms with E-state index in [1.807, 2.05) is 38.1 Å². The van der Waals surface area contributed by atoms with Gasteiger partial charge in [0.15, 0.2) is 5.82 Å². The number of methoxy groups -OCH3 is 1. The van der Waals surface area contributed by atoms with E-state index in [4.69, 9.17) is 9.47 Å². The number of esters is 1. The predicted molar refractivity (Wildman–Crippen MR) is 118 cm³/mol. The Kier molecular flexibility index (Phi) is 6.43. The van der Waals surface area contributed by atoms with Crippen LogP contribution in [0.3, 0.4) is 0 Å². The molecule has 4 rings (SSSR count). The molecule has 166 valence electrons. The molecule has 8 nitrogen and oxygen atoms in total. The van der Waals surface area contributed by atoms with Crippen molar-refractivity contribution >= 4 is 22.3 Å². The van der Waals surface area contributed by atoms with E-state index in [2.05, 4.69) is 15.0 Å². The van der Waals surface area contributed by atoms with E-state index in [-0.39, 0.29) is 23.8 Å². The van der Waals surface area contributed by atoms with Crippen molar-refractivity contribution in [2.24, 2.45) is 5.92 Å². The van der Waals surface area contributed by atoms with Crippen LogP contribution in [0.5, 0.6) is 11.6 Å². The summed E-state index contributed by atoms with van der Waals surface area (Å²) in [5.41, 5.74) is 1.05. The molecule has 1 aromatic carbocycles. The minimum Gasteiger partial charge on any atom is -0.494 e. The molecule has 1 fully saturated rings. The van der Waals surface area contributed by atoms with Gasteiger partial charge >= 0.3 is 5.97 Å². The van der Waals surface area contributed by atoms with Crippen LogP contribution in [0.15, 0.2) is 24.3 Å². The summed E-state index contributed by atoms with van der Waals surface area (Å²) in [6.07, 6.45) is 2.16. The van der Waals surface area contributed by atoms with Crippen LogP contribution >= 0.6 is 11.3 Å². The zero-order chi connectivity index (χ0) is 22.0. The summed E-state index contributed by atoms with van der Waals surface area (Å²) >= 11 is 1.46. The molecule has 1 N–H and O–H groups in total. The highest BCUT2D eigenvalue weighted by atomic mass is 32.1. The second-order valence-electron chi connectivity index (χ2n) is 7.60. The number of hydrogen-bond donors (Lipinski definition) is 1. The van der Waals surface area contributed by atoms with Crippen LogP contribution in [-0.4, -0.2) is 57.4 Å². The molecule has 0 aliphatic carbocycles. The van der Waals surface area contributed by atoms with Gasteiger partial charge < -0.3 is 14.6 Å². The van der Waals surface area contributed by atoms with E-state index in [0.29, 0.717) is 23.8 Å². The van der Waals surface area contributed by atoms with Gasteiger partial charge in [-0.05, 0) is 50.6 Å². The zero-order valence-electron chi connectivity index (χ0n) is 18.1. The molecule has 0 bridgehead atoms. The van der Waals surface area contributed by atoms with E-state index in [1.165, 1.54) is 23.0 Å². The van der Waals surface area contributed by atoms with Crippen molar-refractivity contribution in [1.29, 1.82) is 0 Å². The quantitative estimate of drug-likeness (QED) is 0.559. The van der Waals surface area contributed by atoms with Crippen LogP contribution < -0.4 is 4.74 Å². The summed E-state index contributed by atoms with van der Waals surface area (Å²) in [6.45, 7) is 6.01. The van der Waals surface area contributed by atoms with Crippen molar-refractivity contribution in [3.8, 4) is 11.6 Å². The lowest BCUT2D eigenvalue weighted by Gasteiger charge is -2.36. The maximum Gasteiger partial charge on any atom is 0.308 e. The topological polar surface area (TPSA) is 89.2 Å². The summed E-state index contributed by atoms with van der Waals surface area (Å²) in [6, 6.07) is 7.82.